The van der Waals surface area contributed by atoms with Gasteiger partial charge in [-0.1, -0.05) is 35.9 Å². The maximum atomic E-state index is 12.0. The first kappa shape index (κ1) is 20.8. The summed E-state index contributed by atoms with van der Waals surface area (Å²) in [5.41, 5.74) is 2.37. The van der Waals surface area contributed by atoms with Crippen LogP contribution in [0.15, 0.2) is 58.5 Å². The van der Waals surface area contributed by atoms with Gasteiger partial charge < -0.3 is 10.6 Å². The molecule has 0 saturated heterocycles. The van der Waals surface area contributed by atoms with Gasteiger partial charge in [0.1, 0.15) is 5.82 Å². The third kappa shape index (κ3) is 4.66. The molecule has 0 bridgehead atoms. The molecule has 0 saturated carbocycles. The second-order valence-corrected chi connectivity index (χ2v) is 8.81. The highest BCUT2D eigenvalue weighted by Crippen LogP contribution is 2.30. The van der Waals surface area contributed by atoms with Crippen LogP contribution in [0.2, 0.25) is 5.02 Å². The fourth-order valence-electron chi connectivity index (χ4n) is 3.03. The van der Waals surface area contributed by atoms with E-state index in [-0.39, 0.29) is 5.91 Å². The SMILES string of the molecule is O=C(NCCCCNc1cc(-c2ccccc2Cl)nc2c(Br)cnn12)c1cccs1. The molecule has 0 radical (unpaired) electrons. The number of rotatable bonds is 8. The lowest BCUT2D eigenvalue weighted by Crippen LogP contribution is -2.24. The van der Waals surface area contributed by atoms with Crippen molar-refractivity contribution in [3.63, 3.8) is 0 Å². The standard InChI is InChI=1S/C21H19BrClN5OS/c22-15-13-26-28-19(12-17(27-20(15)28)14-6-1-2-7-16(14)23)24-9-3-4-10-25-21(29)18-8-5-11-30-18/h1-2,5-8,11-13,24H,3-4,9-10H2,(H,25,29). The Morgan fingerprint density at radius 1 is 1.17 bits per heavy atom. The molecule has 0 aliphatic carbocycles. The first-order chi connectivity index (χ1) is 14.6. The van der Waals surface area contributed by atoms with Crippen LogP contribution < -0.4 is 10.6 Å². The fraction of sp³-hybridized carbons (Fsp3) is 0.190. The first-order valence-corrected chi connectivity index (χ1v) is 11.5. The molecule has 3 heterocycles. The van der Waals surface area contributed by atoms with Gasteiger partial charge in [0.15, 0.2) is 5.65 Å². The Morgan fingerprint density at radius 2 is 2.00 bits per heavy atom. The molecule has 0 spiro atoms. The molecule has 4 rings (SSSR count). The van der Waals surface area contributed by atoms with Crippen molar-refractivity contribution in [3.8, 4) is 11.3 Å². The molecular formula is C21H19BrClN5OS. The van der Waals surface area contributed by atoms with Crippen LogP contribution in [0.3, 0.4) is 0 Å². The average molecular weight is 505 g/mol. The molecule has 3 aromatic heterocycles. The van der Waals surface area contributed by atoms with Gasteiger partial charge in [-0.3, -0.25) is 4.79 Å². The van der Waals surface area contributed by atoms with E-state index in [0.29, 0.717) is 11.6 Å². The van der Waals surface area contributed by atoms with Crippen LogP contribution in [0.25, 0.3) is 16.9 Å². The van der Waals surface area contributed by atoms with E-state index in [1.807, 2.05) is 47.8 Å². The summed E-state index contributed by atoms with van der Waals surface area (Å²) >= 11 is 11.3. The minimum absolute atomic E-state index is 0.0143. The summed E-state index contributed by atoms with van der Waals surface area (Å²) in [4.78, 5) is 17.4. The smallest absolute Gasteiger partial charge is 0.261 e. The summed E-state index contributed by atoms with van der Waals surface area (Å²) in [6.45, 7) is 1.38. The summed E-state index contributed by atoms with van der Waals surface area (Å²) in [7, 11) is 0. The zero-order valence-corrected chi connectivity index (χ0v) is 19.1. The fourth-order valence-corrected chi connectivity index (χ4v) is 4.25. The Balaban J connectivity index is 1.40. The van der Waals surface area contributed by atoms with Crippen LogP contribution >= 0.6 is 38.9 Å². The summed E-state index contributed by atoms with van der Waals surface area (Å²) < 4.78 is 2.58. The van der Waals surface area contributed by atoms with Crippen molar-refractivity contribution in [1.82, 2.24) is 19.9 Å². The number of hydrogen-bond donors (Lipinski definition) is 2. The minimum Gasteiger partial charge on any atom is -0.370 e. The van der Waals surface area contributed by atoms with Crippen molar-refractivity contribution >= 4 is 56.2 Å². The number of thiophene rings is 1. The van der Waals surface area contributed by atoms with E-state index in [9.17, 15) is 4.79 Å². The predicted octanol–water partition coefficient (Wildman–Crippen LogP) is 5.50. The van der Waals surface area contributed by atoms with Gasteiger partial charge in [0.2, 0.25) is 0 Å². The maximum Gasteiger partial charge on any atom is 0.261 e. The van der Waals surface area contributed by atoms with Gasteiger partial charge in [-0.2, -0.15) is 9.61 Å². The number of carbonyl (C=O) groups excluding carboxylic acids is 1. The van der Waals surface area contributed by atoms with Gasteiger partial charge in [-0.05, 0) is 46.3 Å². The van der Waals surface area contributed by atoms with Crippen LogP contribution in [0.4, 0.5) is 5.82 Å². The number of nitrogens with zero attached hydrogens (tertiary/aromatic N) is 3. The average Bonchev–Trinajstić information content (AvgIpc) is 3.41. The van der Waals surface area contributed by atoms with Crippen molar-refractivity contribution in [2.45, 2.75) is 12.8 Å². The van der Waals surface area contributed by atoms with E-state index >= 15 is 0 Å². The molecule has 0 aliphatic rings. The number of amides is 1. The topological polar surface area (TPSA) is 71.3 Å². The quantitative estimate of drug-likeness (QED) is 0.311. The molecule has 0 aliphatic heterocycles. The van der Waals surface area contributed by atoms with Gasteiger partial charge in [-0.15, -0.1) is 11.3 Å². The van der Waals surface area contributed by atoms with E-state index in [4.69, 9.17) is 16.6 Å². The Hall–Kier alpha value is -2.42. The van der Waals surface area contributed by atoms with Gasteiger partial charge in [0, 0.05) is 29.7 Å². The zero-order chi connectivity index (χ0) is 20.9. The molecule has 9 heteroatoms. The zero-order valence-electron chi connectivity index (χ0n) is 15.9. The normalized spacial score (nSPS) is 11.0. The molecule has 1 aromatic carbocycles. The number of hydrogen-bond acceptors (Lipinski definition) is 5. The van der Waals surface area contributed by atoms with E-state index < -0.39 is 0 Å². The molecule has 6 nitrogen and oxygen atoms in total. The highest BCUT2D eigenvalue weighted by atomic mass is 79.9. The van der Waals surface area contributed by atoms with Gasteiger partial charge in [0.05, 0.1) is 21.2 Å². The summed E-state index contributed by atoms with van der Waals surface area (Å²) in [5.74, 6) is 0.822. The lowest BCUT2D eigenvalue weighted by Gasteiger charge is -2.12. The number of unbranched alkanes of at least 4 members (excludes halogenated alkanes) is 1. The largest absolute Gasteiger partial charge is 0.370 e. The number of nitrogens with one attached hydrogen (secondary N) is 2. The highest BCUT2D eigenvalue weighted by Gasteiger charge is 2.13. The van der Waals surface area contributed by atoms with Crippen molar-refractivity contribution in [3.05, 3.63) is 68.4 Å². The summed E-state index contributed by atoms with van der Waals surface area (Å²) in [5, 5.41) is 13.3. The van der Waals surface area contributed by atoms with Gasteiger partial charge in [-0.25, -0.2) is 4.98 Å². The molecule has 0 fully saturated rings. The number of halogens is 2. The number of carbonyl (C=O) groups is 1. The Bertz CT molecular complexity index is 1160. The van der Waals surface area contributed by atoms with Crippen molar-refractivity contribution in [2.24, 2.45) is 0 Å². The van der Waals surface area contributed by atoms with E-state index in [1.54, 1.807) is 10.7 Å². The Labute approximate surface area is 191 Å². The number of anilines is 1. The van der Waals surface area contributed by atoms with Crippen LogP contribution in [-0.4, -0.2) is 33.6 Å². The lowest BCUT2D eigenvalue weighted by molar-refractivity contribution is 0.0957. The molecule has 1 amide bonds. The van der Waals surface area contributed by atoms with Crippen LogP contribution in [0.1, 0.15) is 22.5 Å². The predicted molar refractivity (Wildman–Crippen MR) is 126 cm³/mol. The number of benzene rings is 1. The monoisotopic (exact) mass is 503 g/mol. The van der Waals surface area contributed by atoms with E-state index in [2.05, 4.69) is 31.7 Å². The maximum absolute atomic E-state index is 12.0. The molecule has 30 heavy (non-hydrogen) atoms. The Kier molecular flexibility index (Phi) is 6.66. The Morgan fingerprint density at radius 3 is 2.80 bits per heavy atom. The molecule has 154 valence electrons. The molecule has 2 N–H and O–H groups in total. The van der Waals surface area contributed by atoms with E-state index in [1.165, 1.54) is 11.3 Å². The summed E-state index contributed by atoms with van der Waals surface area (Å²) in [6, 6.07) is 13.3. The third-order valence-corrected chi connectivity index (χ3v) is 6.28. The van der Waals surface area contributed by atoms with Gasteiger partial charge >= 0.3 is 0 Å². The van der Waals surface area contributed by atoms with Crippen molar-refractivity contribution < 1.29 is 4.79 Å². The number of fused-ring (bicyclic) bond motifs is 1. The van der Waals surface area contributed by atoms with Crippen molar-refractivity contribution in [2.75, 3.05) is 18.4 Å². The second-order valence-electron chi connectivity index (χ2n) is 6.60. The second kappa shape index (κ2) is 9.59. The first-order valence-electron chi connectivity index (χ1n) is 9.48. The van der Waals surface area contributed by atoms with Crippen LogP contribution in [0, 0.1) is 0 Å². The van der Waals surface area contributed by atoms with Crippen LogP contribution in [0.5, 0.6) is 0 Å². The molecule has 4 aromatic rings. The lowest BCUT2D eigenvalue weighted by atomic mass is 10.1. The molecule has 0 atom stereocenters. The van der Waals surface area contributed by atoms with Gasteiger partial charge in [0.25, 0.3) is 5.91 Å². The summed E-state index contributed by atoms with van der Waals surface area (Å²) in [6.07, 6.45) is 3.50. The highest BCUT2D eigenvalue weighted by molar-refractivity contribution is 9.10. The minimum atomic E-state index is -0.0143. The van der Waals surface area contributed by atoms with Crippen LogP contribution in [-0.2, 0) is 0 Å². The van der Waals surface area contributed by atoms with Crippen molar-refractivity contribution in [1.29, 1.82) is 0 Å². The molecule has 0 unspecified atom stereocenters. The van der Waals surface area contributed by atoms with E-state index in [0.717, 1.165) is 51.5 Å². The third-order valence-electron chi connectivity index (χ3n) is 4.52. The number of aromatic nitrogens is 3. The molecular weight excluding hydrogens is 486 g/mol.